The van der Waals surface area contributed by atoms with Gasteiger partial charge in [0.2, 0.25) is 5.89 Å². The monoisotopic (exact) mass is 389 g/mol. The minimum atomic E-state index is -0.593. The van der Waals surface area contributed by atoms with Crippen molar-refractivity contribution in [1.82, 2.24) is 15.0 Å². The lowest BCUT2D eigenvalue weighted by molar-refractivity contribution is 0.00425. The zero-order valence-corrected chi connectivity index (χ0v) is 15.9. The number of aromatic nitrogens is 2. The summed E-state index contributed by atoms with van der Waals surface area (Å²) in [4.78, 5) is 6.48. The zero-order chi connectivity index (χ0) is 19.1. The standard InChI is InChI=1S/C21H25F2N3O2/c22-17-8-15(13-4-2-1-3-5-13)9-18(23)20(17)27-16-10-26(11-16)12-19-24-21(25-28-19)14-6-7-14/h8-9,13-14,16H,1-7,10-12H2. The smallest absolute Gasteiger partial charge is 0.240 e. The second-order valence-corrected chi connectivity index (χ2v) is 8.40. The molecule has 0 unspecified atom stereocenters. The molecule has 1 aliphatic heterocycles. The van der Waals surface area contributed by atoms with Crippen LogP contribution in [0, 0.1) is 11.6 Å². The lowest BCUT2D eigenvalue weighted by Crippen LogP contribution is -2.53. The Balaban J connectivity index is 1.16. The summed E-state index contributed by atoms with van der Waals surface area (Å²) in [6.45, 7) is 1.72. The molecule has 0 N–H and O–H groups in total. The Bertz CT molecular complexity index is 817. The lowest BCUT2D eigenvalue weighted by Gasteiger charge is -2.38. The molecule has 2 aliphatic carbocycles. The summed E-state index contributed by atoms with van der Waals surface area (Å²) in [6, 6.07) is 2.92. The molecule has 0 bridgehead atoms. The summed E-state index contributed by atoms with van der Waals surface area (Å²) in [5.41, 5.74) is 0.764. The van der Waals surface area contributed by atoms with Crippen LogP contribution in [0.4, 0.5) is 8.78 Å². The Kier molecular flexibility index (Phi) is 4.78. The van der Waals surface area contributed by atoms with Gasteiger partial charge < -0.3 is 9.26 Å². The predicted molar refractivity (Wildman–Crippen MR) is 98.2 cm³/mol. The summed E-state index contributed by atoms with van der Waals surface area (Å²) in [5, 5.41) is 4.00. The highest BCUT2D eigenvalue weighted by atomic mass is 19.1. The van der Waals surface area contributed by atoms with Gasteiger partial charge in [-0.25, -0.2) is 8.78 Å². The number of hydrogen-bond donors (Lipinski definition) is 0. The van der Waals surface area contributed by atoms with E-state index in [-0.39, 0.29) is 17.8 Å². The molecule has 0 amide bonds. The fourth-order valence-electron chi connectivity index (χ4n) is 4.29. The average Bonchev–Trinajstić information content (AvgIpc) is 3.41. The molecule has 28 heavy (non-hydrogen) atoms. The molecule has 150 valence electrons. The van der Waals surface area contributed by atoms with Crippen molar-refractivity contribution < 1.29 is 18.0 Å². The summed E-state index contributed by atoms with van der Waals surface area (Å²) >= 11 is 0. The largest absolute Gasteiger partial charge is 0.482 e. The van der Waals surface area contributed by atoms with Crippen molar-refractivity contribution in [3.63, 3.8) is 0 Å². The molecule has 0 radical (unpaired) electrons. The molecule has 0 spiro atoms. The Morgan fingerprint density at radius 2 is 1.71 bits per heavy atom. The second-order valence-electron chi connectivity index (χ2n) is 8.40. The maximum atomic E-state index is 14.5. The maximum Gasteiger partial charge on any atom is 0.240 e. The number of nitrogens with zero attached hydrogens (tertiary/aromatic N) is 3. The molecule has 5 nitrogen and oxygen atoms in total. The van der Waals surface area contributed by atoms with Gasteiger partial charge >= 0.3 is 0 Å². The van der Waals surface area contributed by atoms with Crippen molar-refractivity contribution in [2.45, 2.75) is 69.4 Å². The van der Waals surface area contributed by atoms with Gasteiger partial charge in [0.1, 0.15) is 6.10 Å². The number of halogens is 2. The van der Waals surface area contributed by atoms with Gasteiger partial charge in [0.25, 0.3) is 0 Å². The highest BCUT2D eigenvalue weighted by Gasteiger charge is 2.33. The maximum absolute atomic E-state index is 14.5. The first kappa shape index (κ1) is 18.0. The van der Waals surface area contributed by atoms with Gasteiger partial charge in [0.15, 0.2) is 23.2 Å². The Morgan fingerprint density at radius 1 is 1.00 bits per heavy atom. The first-order valence-electron chi connectivity index (χ1n) is 10.4. The number of likely N-dealkylation sites (tertiary alicyclic amines) is 1. The molecule has 1 aromatic carbocycles. The third-order valence-corrected chi connectivity index (χ3v) is 6.09. The van der Waals surface area contributed by atoms with Gasteiger partial charge in [0.05, 0.1) is 6.54 Å². The molecular formula is C21H25F2N3O2. The third-order valence-electron chi connectivity index (χ3n) is 6.09. The Morgan fingerprint density at radius 3 is 2.39 bits per heavy atom. The molecule has 1 saturated heterocycles. The summed E-state index contributed by atoms with van der Waals surface area (Å²) in [5.74, 6) is 0.682. The SMILES string of the molecule is Fc1cc(C2CCCCC2)cc(F)c1OC1CN(Cc2nc(C3CC3)no2)C1. The third kappa shape index (κ3) is 3.77. The number of hydrogen-bond acceptors (Lipinski definition) is 5. The minimum absolute atomic E-state index is 0.227. The summed E-state index contributed by atoms with van der Waals surface area (Å²) in [7, 11) is 0. The van der Waals surface area contributed by atoms with E-state index in [0.29, 0.717) is 31.4 Å². The second kappa shape index (κ2) is 7.43. The predicted octanol–water partition coefficient (Wildman–Crippen LogP) is 4.54. The van der Waals surface area contributed by atoms with Crippen LogP contribution in [-0.2, 0) is 6.54 Å². The van der Waals surface area contributed by atoms with Crippen molar-refractivity contribution in [3.8, 4) is 5.75 Å². The van der Waals surface area contributed by atoms with Crippen LogP contribution in [-0.4, -0.2) is 34.2 Å². The fraction of sp³-hybridized carbons (Fsp3) is 0.619. The van der Waals surface area contributed by atoms with E-state index in [1.54, 1.807) is 0 Å². The van der Waals surface area contributed by atoms with Crippen molar-refractivity contribution in [2.24, 2.45) is 0 Å². The number of rotatable bonds is 6. The summed E-state index contributed by atoms with van der Waals surface area (Å²) < 4.78 is 39.9. The molecule has 5 rings (SSSR count). The lowest BCUT2D eigenvalue weighted by atomic mass is 9.84. The van der Waals surface area contributed by atoms with Crippen LogP contribution in [0.3, 0.4) is 0 Å². The van der Waals surface area contributed by atoms with Crippen LogP contribution in [0.2, 0.25) is 0 Å². The van der Waals surface area contributed by atoms with E-state index in [9.17, 15) is 8.78 Å². The van der Waals surface area contributed by atoms with E-state index in [2.05, 4.69) is 15.0 Å². The Hall–Kier alpha value is -2.02. The van der Waals surface area contributed by atoms with E-state index in [1.807, 2.05) is 0 Å². The van der Waals surface area contributed by atoms with Crippen LogP contribution in [0.1, 0.15) is 74.1 Å². The van der Waals surface area contributed by atoms with Crippen LogP contribution in [0.15, 0.2) is 16.7 Å². The number of benzene rings is 1. The normalized spacial score (nSPS) is 21.6. The Labute approximate surface area is 163 Å². The summed E-state index contributed by atoms with van der Waals surface area (Å²) in [6.07, 6.45) is 7.54. The van der Waals surface area contributed by atoms with Crippen LogP contribution >= 0.6 is 0 Å². The highest BCUT2D eigenvalue weighted by molar-refractivity contribution is 5.33. The topological polar surface area (TPSA) is 51.4 Å². The molecule has 2 aromatic rings. The van der Waals surface area contributed by atoms with Crippen molar-refractivity contribution in [3.05, 3.63) is 41.0 Å². The number of ether oxygens (including phenoxy) is 1. The van der Waals surface area contributed by atoms with Crippen molar-refractivity contribution in [2.75, 3.05) is 13.1 Å². The molecule has 3 fully saturated rings. The molecular weight excluding hydrogens is 364 g/mol. The van der Waals surface area contributed by atoms with E-state index in [0.717, 1.165) is 49.9 Å². The van der Waals surface area contributed by atoms with E-state index in [1.165, 1.54) is 18.6 Å². The average molecular weight is 389 g/mol. The first-order chi connectivity index (χ1) is 13.7. The van der Waals surface area contributed by atoms with E-state index >= 15 is 0 Å². The van der Waals surface area contributed by atoms with Gasteiger partial charge in [-0.3, -0.25) is 4.90 Å². The van der Waals surface area contributed by atoms with Gasteiger partial charge in [-0.05, 0) is 49.3 Å². The van der Waals surface area contributed by atoms with Crippen molar-refractivity contribution >= 4 is 0 Å². The van der Waals surface area contributed by atoms with E-state index < -0.39 is 11.6 Å². The molecule has 2 heterocycles. The van der Waals surface area contributed by atoms with Gasteiger partial charge in [-0.2, -0.15) is 4.98 Å². The molecule has 0 atom stereocenters. The van der Waals surface area contributed by atoms with Crippen LogP contribution in [0.25, 0.3) is 0 Å². The minimum Gasteiger partial charge on any atom is -0.482 e. The van der Waals surface area contributed by atoms with Gasteiger partial charge in [0, 0.05) is 19.0 Å². The molecule has 3 aliphatic rings. The first-order valence-corrected chi connectivity index (χ1v) is 10.4. The highest BCUT2D eigenvalue weighted by Crippen LogP contribution is 2.38. The fourth-order valence-corrected chi connectivity index (χ4v) is 4.29. The molecule has 2 saturated carbocycles. The molecule has 7 heteroatoms. The molecule has 1 aromatic heterocycles. The van der Waals surface area contributed by atoms with Crippen LogP contribution < -0.4 is 4.74 Å². The van der Waals surface area contributed by atoms with Gasteiger partial charge in [-0.1, -0.05) is 24.4 Å². The van der Waals surface area contributed by atoms with Crippen molar-refractivity contribution in [1.29, 1.82) is 0 Å². The van der Waals surface area contributed by atoms with Crippen LogP contribution in [0.5, 0.6) is 5.75 Å². The van der Waals surface area contributed by atoms with E-state index in [4.69, 9.17) is 9.26 Å². The zero-order valence-electron chi connectivity index (χ0n) is 15.9. The van der Waals surface area contributed by atoms with Gasteiger partial charge in [-0.15, -0.1) is 0 Å². The quantitative estimate of drug-likeness (QED) is 0.726.